The Bertz CT molecular complexity index is 430. The van der Waals surface area contributed by atoms with E-state index in [0.717, 1.165) is 37.2 Å². The van der Waals surface area contributed by atoms with Gasteiger partial charge in [0.25, 0.3) is 0 Å². The van der Waals surface area contributed by atoms with Crippen LogP contribution in [0.2, 0.25) is 0 Å². The zero-order valence-corrected chi connectivity index (χ0v) is 14.4. The van der Waals surface area contributed by atoms with Gasteiger partial charge in [-0.1, -0.05) is 13.8 Å². The van der Waals surface area contributed by atoms with Gasteiger partial charge < -0.3 is 18.9 Å². The molecule has 0 saturated heterocycles. The molecule has 1 atom stereocenters. The fourth-order valence-electron chi connectivity index (χ4n) is 1.81. The minimum atomic E-state index is -0.100. The Morgan fingerprint density at radius 1 is 1.04 bits per heavy atom. The largest absolute Gasteiger partial charge is 0.497 e. The Hall–Kier alpha value is -1.75. The Balaban J connectivity index is 1.94. The second kappa shape index (κ2) is 11.8. The minimum absolute atomic E-state index is 0.00608. The number of hydrogen-bond donors (Lipinski definition) is 0. The second-order valence-corrected chi connectivity index (χ2v) is 5.38. The summed E-state index contributed by atoms with van der Waals surface area (Å²) in [5, 5.41) is 0. The van der Waals surface area contributed by atoms with Crippen molar-refractivity contribution >= 4 is 5.97 Å². The predicted molar refractivity (Wildman–Crippen MR) is 88.7 cm³/mol. The van der Waals surface area contributed by atoms with Crippen LogP contribution in [0.1, 0.15) is 39.5 Å². The lowest BCUT2D eigenvalue weighted by atomic mass is 10.1. The van der Waals surface area contributed by atoms with Gasteiger partial charge in [0.1, 0.15) is 11.5 Å². The van der Waals surface area contributed by atoms with Gasteiger partial charge in [0.2, 0.25) is 0 Å². The van der Waals surface area contributed by atoms with Crippen molar-refractivity contribution in [1.29, 1.82) is 0 Å². The smallest absolute Gasteiger partial charge is 0.308 e. The van der Waals surface area contributed by atoms with Crippen LogP contribution >= 0.6 is 0 Å². The number of unbranched alkanes of at least 4 members (excludes halogenated alkanes) is 2. The molecular formula is C18H28O5. The third-order valence-corrected chi connectivity index (χ3v) is 3.56. The molecule has 0 saturated carbocycles. The van der Waals surface area contributed by atoms with E-state index in [2.05, 4.69) is 0 Å². The molecule has 23 heavy (non-hydrogen) atoms. The highest BCUT2D eigenvalue weighted by Crippen LogP contribution is 2.16. The highest BCUT2D eigenvalue weighted by Gasteiger charge is 2.10. The topological polar surface area (TPSA) is 54.0 Å². The van der Waals surface area contributed by atoms with Crippen LogP contribution in [0, 0.1) is 5.92 Å². The molecule has 5 nitrogen and oxygen atoms in total. The number of methoxy groups -OCH3 is 1. The normalized spacial score (nSPS) is 11.8. The van der Waals surface area contributed by atoms with Crippen LogP contribution in [0.15, 0.2) is 24.3 Å². The van der Waals surface area contributed by atoms with Gasteiger partial charge in [0.05, 0.1) is 26.2 Å². The third kappa shape index (κ3) is 8.45. The number of esters is 1. The summed E-state index contributed by atoms with van der Waals surface area (Å²) >= 11 is 0. The summed E-state index contributed by atoms with van der Waals surface area (Å²) in [5.74, 6) is 1.44. The molecular weight excluding hydrogens is 296 g/mol. The zero-order chi connectivity index (χ0) is 16.9. The summed E-state index contributed by atoms with van der Waals surface area (Å²) in [6, 6.07) is 7.37. The van der Waals surface area contributed by atoms with Crippen LogP contribution in [-0.2, 0) is 14.3 Å². The van der Waals surface area contributed by atoms with Gasteiger partial charge in [-0.15, -0.1) is 0 Å². The molecule has 1 aromatic carbocycles. The fraction of sp³-hybridized carbons (Fsp3) is 0.611. The molecule has 0 aliphatic carbocycles. The molecule has 1 unspecified atom stereocenters. The number of hydrogen-bond acceptors (Lipinski definition) is 5. The van der Waals surface area contributed by atoms with Gasteiger partial charge >= 0.3 is 5.97 Å². The molecule has 0 radical (unpaired) electrons. The summed E-state index contributed by atoms with van der Waals surface area (Å²) in [4.78, 5) is 11.5. The number of benzene rings is 1. The lowest BCUT2D eigenvalue weighted by Gasteiger charge is -2.09. The molecule has 0 aromatic heterocycles. The highest BCUT2D eigenvalue weighted by atomic mass is 16.7. The zero-order valence-electron chi connectivity index (χ0n) is 14.4. The molecule has 0 bridgehead atoms. The molecule has 0 spiro atoms. The first-order valence-corrected chi connectivity index (χ1v) is 8.18. The molecule has 130 valence electrons. The van der Waals surface area contributed by atoms with Crippen LogP contribution in [0.3, 0.4) is 0 Å². The van der Waals surface area contributed by atoms with E-state index in [9.17, 15) is 4.79 Å². The number of rotatable bonds is 12. The summed E-state index contributed by atoms with van der Waals surface area (Å²) in [7, 11) is 1.63. The van der Waals surface area contributed by atoms with Gasteiger partial charge in [-0.2, -0.15) is 0 Å². The monoisotopic (exact) mass is 324 g/mol. The average Bonchev–Trinajstić information content (AvgIpc) is 2.59. The van der Waals surface area contributed by atoms with E-state index >= 15 is 0 Å². The molecule has 0 N–H and O–H groups in total. The summed E-state index contributed by atoms with van der Waals surface area (Å²) < 4.78 is 21.1. The number of ether oxygens (including phenoxy) is 4. The SMILES string of the molecule is CCC(C)C(=O)OCCCCCOCOc1ccc(OC)cc1. The van der Waals surface area contributed by atoms with Crippen molar-refractivity contribution in [1.82, 2.24) is 0 Å². The molecule has 1 aromatic rings. The fourth-order valence-corrected chi connectivity index (χ4v) is 1.81. The predicted octanol–water partition coefficient (Wildman–Crippen LogP) is 3.81. The van der Waals surface area contributed by atoms with Crippen molar-refractivity contribution in [3.63, 3.8) is 0 Å². The van der Waals surface area contributed by atoms with Gasteiger partial charge in [-0.3, -0.25) is 4.79 Å². The quantitative estimate of drug-likeness (QED) is 0.332. The van der Waals surface area contributed by atoms with E-state index < -0.39 is 0 Å². The lowest BCUT2D eigenvalue weighted by Crippen LogP contribution is -2.14. The Kier molecular flexibility index (Phi) is 9.87. The van der Waals surface area contributed by atoms with Crippen LogP contribution in [-0.4, -0.2) is 33.1 Å². The van der Waals surface area contributed by atoms with E-state index in [-0.39, 0.29) is 18.7 Å². The first kappa shape index (κ1) is 19.3. The molecule has 0 aliphatic heterocycles. The van der Waals surface area contributed by atoms with Crippen molar-refractivity contribution in [2.24, 2.45) is 5.92 Å². The van der Waals surface area contributed by atoms with Gasteiger partial charge in [0, 0.05) is 0 Å². The van der Waals surface area contributed by atoms with E-state index in [1.54, 1.807) is 7.11 Å². The van der Waals surface area contributed by atoms with Crippen molar-refractivity contribution in [2.45, 2.75) is 39.5 Å². The van der Waals surface area contributed by atoms with E-state index in [0.29, 0.717) is 13.2 Å². The second-order valence-electron chi connectivity index (χ2n) is 5.38. The third-order valence-electron chi connectivity index (χ3n) is 3.56. The Morgan fingerprint density at radius 2 is 1.70 bits per heavy atom. The van der Waals surface area contributed by atoms with Crippen molar-refractivity contribution in [3.8, 4) is 11.5 Å². The van der Waals surface area contributed by atoms with Crippen LogP contribution < -0.4 is 9.47 Å². The van der Waals surface area contributed by atoms with Crippen molar-refractivity contribution in [2.75, 3.05) is 27.1 Å². The first-order chi connectivity index (χ1) is 11.2. The summed E-state index contributed by atoms with van der Waals surface area (Å²) in [6.45, 7) is 5.23. The Labute approximate surface area is 138 Å². The highest BCUT2D eigenvalue weighted by molar-refractivity contribution is 5.71. The minimum Gasteiger partial charge on any atom is -0.497 e. The maximum Gasteiger partial charge on any atom is 0.308 e. The summed E-state index contributed by atoms with van der Waals surface area (Å²) in [6.07, 6.45) is 3.58. The Morgan fingerprint density at radius 3 is 2.35 bits per heavy atom. The number of carbonyl (C=O) groups excluding carboxylic acids is 1. The van der Waals surface area contributed by atoms with E-state index in [4.69, 9.17) is 18.9 Å². The standard InChI is InChI=1S/C18H28O5/c1-4-15(2)18(19)22-13-7-5-6-12-21-14-23-17-10-8-16(20-3)9-11-17/h8-11,15H,4-7,12-14H2,1-3H3. The lowest BCUT2D eigenvalue weighted by molar-refractivity contribution is -0.148. The van der Waals surface area contributed by atoms with E-state index in [1.165, 1.54) is 0 Å². The van der Waals surface area contributed by atoms with Crippen molar-refractivity contribution in [3.05, 3.63) is 24.3 Å². The maximum absolute atomic E-state index is 11.5. The van der Waals surface area contributed by atoms with Crippen LogP contribution in [0.4, 0.5) is 0 Å². The van der Waals surface area contributed by atoms with Gasteiger partial charge in [-0.05, 0) is 49.9 Å². The average molecular weight is 324 g/mol. The van der Waals surface area contributed by atoms with Crippen LogP contribution in [0.25, 0.3) is 0 Å². The number of carbonyl (C=O) groups is 1. The van der Waals surface area contributed by atoms with Crippen molar-refractivity contribution < 1.29 is 23.7 Å². The van der Waals surface area contributed by atoms with Gasteiger partial charge in [-0.25, -0.2) is 0 Å². The van der Waals surface area contributed by atoms with E-state index in [1.807, 2.05) is 38.1 Å². The molecule has 0 fully saturated rings. The summed E-state index contributed by atoms with van der Waals surface area (Å²) in [5.41, 5.74) is 0. The maximum atomic E-state index is 11.5. The first-order valence-electron chi connectivity index (χ1n) is 8.18. The molecule has 0 heterocycles. The van der Waals surface area contributed by atoms with Crippen LogP contribution in [0.5, 0.6) is 11.5 Å². The molecule has 0 amide bonds. The molecule has 5 heteroatoms. The molecule has 0 aliphatic rings. The van der Waals surface area contributed by atoms with Gasteiger partial charge in [0.15, 0.2) is 6.79 Å². The molecule has 1 rings (SSSR count).